The predicted octanol–water partition coefficient (Wildman–Crippen LogP) is 16.3. The van der Waals surface area contributed by atoms with Crippen LogP contribution in [0, 0.1) is 33.5 Å². The summed E-state index contributed by atoms with van der Waals surface area (Å²) >= 11 is 0. The van der Waals surface area contributed by atoms with Crippen molar-refractivity contribution in [2.75, 3.05) is 9.80 Å². The Morgan fingerprint density at radius 3 is 0.857 bits per heavy atom. The number of hydrogen-bond acceptors (Lipinski definition) is 6. The quantitative estimate of drug-likeness (QED) is 0.0391. The largest absolute Gasteiger partial charge is 0.477 e. The lowest BCUT2D eigenvalue weighted by atomic mass is 9.75. The van der Waals surface area contributed by atoms with E-state index in [4.69, 9.17) is 0 Å². The van der Waals surface area contributed by atoms with Gasteiger partial charge in [-0.3, -0.25) is 0 Å². The van der Waals surface area contributed by atoms with Gasteiger partial charge in [-0.15, -0.1) is 0 Å². The van der Waals surface area contributed by atoms with E-state index in [0.717, 1.165) is 58.1 Å². The molecule has 0 radical (unpaired) electrons. The van der Waals surface area contributed by atoms with Gasteiger partial charge in [0.2, 0.25) is 0 Å². The second-order valence-corrected chi connectivity index (χ2v) is 18.1. The average molecular weight is 929 g/mol. The molecule has 6 aromatic rings. The normalized spacial score (nSPS) is 12.1. The van der Waals surface area contributed by atoms with Gasteiger partial charge in [-0.1, -0.05) is 165 Å². The van der Waals surface area contributed by atoms with E-state index in [-0.39, 0.29) is 11.1 Å². The molecule has 0 aromatic heterocycles. The topological polar surface area (TPSA) is 129 Å². The van der Waals surface area contributed by atoms with Crippen molar-refractivity contribution in [2.24, 2.45) is 10.8 Å². The Morgan fingerprint density at radius 2 is 0.643 bits per heavy atom. The molecule has 356 valence electrons. The molecule has 0 saturated carbocycles. The first-order valence-corrected chi connectivity index (χ1v) is 24.4. The van der Waals surface area contributed by atoms with Gasteiger partial charge in [-0.2, -0.15) is 10.5 Å². The van der Waals surface area contributed by atoms with Gasteiger partial charge < -0.3 is 20.0 Å². The second kappa shape index (κ2) is 23.9. The lowest BCUT2D eigenvalue weighted by Gasteiger charge is -2.31. The molecule has 6 rings (SSSR count). The molecule has 2 N–H and O–H groups in total. The van der Waals surface area contributed by atoms with Crippen LogP contribution < -0.4 is 9.80 Å². The molecule has 0 aliphatic rings. The third-order valence-electron chi connectivity index (χ3n) is 14.4. The van der Waals surface area contributed by atoms with Crippen LogP contribution >= 0.6 is 0 Å². The third kappa shape index (κ3) is 12.6. The van der Waals surface area contributed by atoms with Crippen LogP contribution in [0.5, 0.6) is 0 Å². The summed E-state index contributed by atoms with van der Waals surface area (Å²) in [6.45, 7) is 13.9. The summed E-state index contributed by atoms with van der Waals surface area (Å²) in [6, 6.07) is 52.8. The summed E-state index contributed by atoms with van der Waals surface area (Å²) in [6.07, 6.45) is 16.0. The van der Waals surface area contributed by atoms with Crippen molar-refractivity contribution >= 4 is 70.4 Å². The standard InChI is InChI=1S/C62H64N4O4/c1-7-61(8-2,9-3)41-49-23-35-57(36-24-49)66(58-37-25-50(26-38-58)42-62(10-4,11-5)12-6)54-29-17-46(18-30-54)14-13-45-15-27-53(28-16-45)65(55-31-19-47(20-32-55)39-51(43-63)59(67)68)56-33-21-48(22-34-56)40-52(44-64)60(69)70/h13-40H,7-12,41-42H2,1-6H3,(H,67,68)(H,69,70). The fraction of sp³-hybridized carbons (Fsp3) is 0.258. The van der Waals surface area contributed by atoms with Gasteiger partial charge in [0.15, 0.2) is 0 Å². The number of nitriles is 2. The van der Waals surface area contributed by atoms with E-state index in [9.17, 15) is 30.3 Å². The number of rotatable bonds is 22. The van der Waals surface area contributed by atoms with E-state index >= 15 is 0 Å². The van der Waals surface area contributed by atoms with Crippen LogP contribution in [-0.4, -0.2) is 22.2 Å². The van der Waals surface area contributed by atoms with Crippen LogP contribution in [0.2, 0.25) is 0 Å². The highest BCUT2D eigenvalue weighted by molar-refractivity contribution is 5.97. The molecule has 0 fully saturated rings. The summed E-state index contributed by atoms with van der Waals surface area (Å²) in [5.74, 6) is -2.60. The Labute approximate surface area is 414 Å². The Kier molecular flexibility index (Phi) is 17.5. The monoisotopic (exact) mass is 928 g/mol. The zero-order valence-corrected chi connectivity index (χ0v) is 41.3. The zero-order chi connectivity index (χ0) is 50.3. The van der Waals surface area contributed by atoms with Crippen molar-refractivity contribution in [1.29, 1.82) is 10.5 Å². The number of benzene rings is 6. The number of anilines is 6. The molecule has 0 aliphatic carbocycles. The number of carbonyl (C=O) groups is 2. The minimum Gasteiger partial charge on any atom is -0.477 e. The third-order valence-corrected chi connectivity index (χ3v) is 14.4. The maximum absolute atomic E-state index is 11.5. The molecular formula is C62H64N4O4. The molecule has 8 heteroatoms. The SMILES string of the molecule is CCC(CC)(CC)Cc1ccc(N(c2ccc(C=Cc3ccc(N(c4ccc(C=C(C#N)C(=O)O)cc4)c4ccc(C=C(C#N)C(=O)O)cc4)cc3)cc2)c2ccc(CC(CC)(CC)CC)cc2)cc1. The molecule has 70 heavy (non-hydrogen) atoms. The maximum Gasteiger partial charge on any atom is 0.346 e. The van der Waals surface area contributed by atoms with Gasteiger partial charge >= 0.3 is 11.9 Å². The van der Waals surface area contributed by atoms with Gasteiger partial charge in [-0.25, -0.2) is 9.59 Å². The van der Waals surface area contributed by atoms with Crippen LogP contribution in [0.1, 0.15) is 113 Å². The first kappa shape index (κ1) is 51.5. The lowest BCUT2D eigenvalue weighted by Crippen LogP contribution is -2.21. The summed E-state index contributed by atoms with van der Waals surface area (Å²) < 4.78 is 0. The smallest absolute Gasteiger partial charge is 0.346 e. The summed E-state index contributed by atoms with van der Waals surface area (Å²) in [5.41, 5.74) is 11.5. The van der Waals surface area contributed by atoms with Gasteiger partial charge in [0.05, 0.1) is 0 Å². The number of aliphatic carboxylic acids is 2. The van der Waals surface area contributed by atoms with Gasteiger partial charge in [0, 0.05) is 34.1 Å². The van der Waals surface area contributed by atoms with Crippen LogP contribution in [0.25, 0.3) is 24.3 Å². The number of carboxylic acid groups (broad SMARTS) is 2. The molecular weight excluding hydrogens is 865 g/mol. The molecule has 0 bridgehead atoms. The van der Waals surface area contributed by atoms with E-state index in [1.165, 1.54) is 61.8 Å². The summed E-state index contributed by atoms with van der Waals surface area (Å²) in [5, 5.41) is 37.3. The number of carboxylic acids is 2. The fourth-order valence-electron chi connectivity index (χ4n) is 9.25. The number of nitrogens with zero attached hydrogens (tertiary/aromatic N) is 4. The predicted molar refractivity (Wildman–Crippen MR) is 288 cm³/mol. The maximum atomic E-state index is 11.5. The van der Waals surface area contributed by atoms with Crippen molar-refractivity contribution in [3.63, 3.8) is 0 Å². The average Bonchev–Trinajstić information content (AvgIpc) is 3.40. The molecule has 0 amide bonds. The van der Waals surface area contributed by atoms with E-state index in [1.54, 1.807) is 36.4 Å². The van der Waals surface area contributed by atoms with Crippen molar-refractivity contribution in [1.82, 2.24) is 0 Å². The van der Waals surface area contributed by atoms with Crippen LogP contribution in [0.3, 0.4) is 0 Å². The summed E-state index contributed by atoms with van der Waals surface area (Å²) in [7, 11) is 0. The fourth-order valence-corrected chi connectivity index (χ4v) is 9.25. The summed E-state index contributed by atoms with van der Waals surface area (Å²) in [4.78, 5) is 27.3. The minimum absolute atomic E-state index is 0.319. The van der Waals surface area contributed by atoms with Gasteiger partial charge in [0.25, 0.3) is 0 Å². The zero-order valence-electron chi connectivity index (χ0n) is 41.3. The lowest BCUT2D eigenvalue weighted by molar-refractivity contribution is -0.133. The molecule has 0 atom stereocenters. The molecule has 0 unspecified atom stereocenters. The Morgan fingerprint density at radius 1 is 0.414 bits per heavy atom. The van der Waals surface area contributed by atoms with E-state index < -0.39 is 11.9 Å². The molecule has 0 heterocycles. The molecule has 8 nitrogen and oxygen atoms in total. The first-order chi connectivity index (χ1) is 33.8. The van der Waals surface area contributed by atoms with Crippen molar-refractivity contribution in [2.45, 2.75) is 92.9 Å². The van der Waals surface area contributed by atoms with E-state index in [1.807, 2.05) is 53.4 Å². The minimum atomic E-state index is -1.30. The van der Waals surface area contributed by atoms with Crippen LogP contribution in [-0.2, 0) is 22.4 Å². The second-order valence-electron chi connectivity index (χ2n) is 18.1. The molecule has 0 spiro atoms. The Balaban J connectivity index is 1.28. The Bertz CT molecular complexity index is 2710. The van der Waals surface area contributed by atoms with E-state index in [2.05, 4.69) is 131 Å². The molecule has 0 aliphatic heterocycles. The Hall–Kier alpha value is -7.94. The van der Waals surface area contributed by atoms with Crippen LogP contribution in [0.15, 0.2) is 157 Å². The highest BCUT2D eigenvalue weighted by atomic mass is 16.4. The van der Waals surface area contributed by atoms with Gasteiger partial charge in [0.1, 0.15) is 23.3 Å². The highest BCUT2D eigenvalue weighted by Crippen LogP contribution is 2.40. The number of hydrogen-bond donors (Lipinski definition) is 2. The highest BCUT2D eigenvalue weighted by Gasteiger charge is 2.26. The van der Waals surface area contributed by atoms with Crippen molar-refractivity contribution < 1.29 is 19.8 Å². The van der Waals surface area contributed by atoms with Crippen molar-refractivity contribution in [3.05, 3.63) is 190 Å². The molecule has 6 aromatic carbocycles. The van der Waals surface area contributed by atoms with E-state index in [0.29, 0.717) is 22.0 Å². The van der Waals surface area contributed by atoms with Crippen molar-refractivity contribution in [3.8, 4) is 12.1 Å². The van der Waals surface area contributed by atoms with Gasteiger partial charge in [-0.05, 0) is 142 Å². The first-order valence-electron chi connectivity index (χ1n) is 24.4. The van der Waals surface area contributed by atoms with Crippen LogP contribution in [0.4, 0.5) is 34.1 Å². The molecule has 0 saturated heterocycles.